The molecule has 0 unspecified atom stereocenters. The number of likely N-dealkylation sites (tertiary alicyclic amines) is 1. The number of hydrogen-bond acceptors (Lipinski definition) is 1. The van der Waals surface area contributed by atoms with Crippen LogP contribution in [0.25, 0.3) is 0 Å². The zero-order chi connectivity index (χ0) is 6.85. The molecule has 0 aromatic rings. The molecule has 1 aliphatic rings. The van der Waals surface area contributed by atoms with E-state index >= 15 is 0 Å². The van der Waals surface area contributed by atoms with Crippen molar-refractivity contribution in [3.05, 3.63) is 0 Å². The summed E-state index contributed by atoms with van der Waals surface area (Å²) in [7, 11) is 2.23. The first kappa shape index (κ1) is 7.07. The van der Waals surface area contributed by atoms with E-state index in [9.17, 15) is 0 Å². The molecule has 0 aliphatic carbocycles. The molecule has 0 bridgehead atoms. The molecule has 1 saturated heterocycles. The van der Waals surface area contributed by atoms with Crippen LogP contribution in [-0.2, 0) is 0 Å². The third kappa shape index (κ3) is 1.45. The lowest BCUT2D eigenvalue weighted by atomic mass is 9.99. The SMILES string of the molecule is C[C@H]1CCC[C@H](C)N1C. The molecule has 0 aromatic carbocycles. The quantitative estimate of drug-likeness (QED) is 0.480. The third-order valence-electron chi connectivity index (χ3n) is 2.63. The highest BCUT2D eigenvalue weighted by atomic mass is 15.2. The smallest absolute Gasteiger partial charge is 0.00667 e. The summed E-state index contributed by atoms with van der Waals surface area (Å²) in [6, 6.07) is 1.63. The average Bonchev–Trinajstić information content (AvgIpc) is 1.83. The van der Waals surface area contributed by atoms with Crippen LogP contribution in [0.2, 0.25) is 0 Å². The van der Waals surface area contributed by atoms with Gasteiger partial charge in [0.15, 0.2) is 0 Å². The summed E-state index contributed by atoms with van der Waals surface area (Å²) in [6.07, 6.45) is 4.20. The summed E-state index contributed by atoms with van der Waals surface area (Å²) in [6.45, 7) is 4.63. The lowest BCUT2D eigenvalue weighted by molar-refractivity contribution is 0.138. The fourth-order valence-electron chi connectivity index (χ4n) is 1.55. The van der Waals surface area contributed by atoms with Crippen molar-refractivity contribution in [2.75, 3.05) is 7.05 Å². The summed E-state index contributed by atoms with van der Waals surface area (Å²) < 4.78 is 0. The Bertz CT molecular complexity index is 80.6. The first-order chi connectivity index (χ1) is 4.22. The normalized spacial score (nSPS) is 39.0. The fraction of sp³-hybridized carbons (Fsp3) is 1.00. The monoisotopic (exact) mass is 127 g/mol. The van der Waals surface area contributed by atoms with Crippen LogP contribution < -0.4 is 0 Å². The van der Waals surface area contributed by atoms with E-state index < -0.39 is 0 Å². The lowest BCUT2D eigenvalue weighted by Crippen LogP contribution is -2.40. The molecule has 9 heavy (non-hydrogen) atoms. The maximum atomic E-state index is 2.48. The van der Waals surface area contributed by atoms with Crippen molar-refractivity contribution >= 4 is 0 Å². The molecule has 1 aliphatic heterocycles. The van der Waals surface area contributed by atoms with E-state index in [1.807, 2.05) is 0 Å². The van der Waals surface area contributed by atoms with Crippen molar-refractivity contribution in [1.29, 1.82) is 0 Å². The van der Waals surface area contributed by atoms with Gasteiger partial charge in [0.1, 0.15) is 0 Å². The van der Waals surface area contributed by atoms with Crippen molar-refractivity contribution < 1.29 is 0 Å². The third-order valence-corrected chi connectivity index (χ3v) is 2.63. The van der Waals surface area contributed by atoms with Crippen molar-refractivity contribution in [2.24, 2.45) is 0 Å². The van der Waals surface area contributed by atoms with Gasteiger partial charge in [-0.15, -0.1) is 0 Å². The molecule has 1 nitrogen and oxygen atoms in total. The van der Waals surface area contributed by atoms with Crippen LogP contribution in [0.4, 0.5) is 0 Å². The van der Waals surface area contributed by atoms with Gasteiger partial charge in [-0.25, -0.2) is 0 Å². The minimum Gasteiger partial charge on any atom is -0.301 e. The van der Waals surface area contributed by atoms with Crippen LogP contribution in [0.3, 0.4) is 0 Å². The Morgan fingerprint density at radius 1 is 1.11 bits per heavy atom. The molecule has 0 N–H and O–H groups in total. The minimum atomic E-state index is 0.814. The molecule has 0 amide bonds. The lowest BCUT2D eigenvalue weighted by Gasteiger charge is -2.35. The van der Waals surface area contributed by atoms with E-state index in [1.165, 1.54) is 19.3 Å². The van der Waals surface area contributed by atoms with Crippen LogP contribution in [0, 0.1) is 0 Å². The predicted octanol–water partition coefficient (Wildman–Crippen LogP) is 1.88. The second-order valence-electron chi connectivity index (χ2n) is 3.29. The summed E-state index contributed by atoms with van der Waals surface area (Å²) in [4.78, 5) is 2.48. The second kappa shape index (κ2) is 2.70. The van der Waals surface area contributed by atoms with E-state index in [-0.39, 0.29) is 0 Å². The maximum absolute atomic E-state index is 2.48. The van der Waals surface area contributed by atoms with Gasteiger partial charge in [-0.3, -0.25) is 0 Å². The molecule has 0 radical (unpaired) electrons. The van der Waals surface area contributed by atoms with Gasteiger partial charge in [-0.1, -0.05) is 6.42 Å². The minimum absolute atomic E-state index is 0.814. The molecule has 1 rings (SSSR count). The summed E-state index contributed by atoms with van der Waals surface area (Å²) in [5.74, 6) is 0. The van der Waals surface area contributed by atoms with Crippen LogP contribution in [0.1, 0.15) is 33.1 Å². The zero-order valence-corrected chi connectivity index (χ0v) is 6.72. The highest BCUT2D eigenvalue weighted by Crippen LogP contribution is 2.19. The number of piperidine rings is 1. The molecular weight excluding hydrogens is 110 g/mol. The van der Waals surface area contributed by atoms with Gasteiger partial charge in [-0.2, -0.15) is 0 Å². The molecule has 1 heteroatoms. The number of nitrogens with zero attached hydrogens (tertiary/aromatic N) is 1. The van der Waals surface area contributed by atoms with Crippen LogP contribution in [0.15, 0.2) is 0 Å². The van der Waals surface area contributed by atoms with Crippen LogP contribution >= 0.6 is 0 Å². The molecule has 1 heterocycles. The molecule has 54 valence electrons. The largest absolute Gasteiger partial charge is 0.301 e. The van der Waals surface area contributed by atoms with Gasteiger partial charge in [0, 0.05) is 12.1 Å². The van der Waals surface area contributed by atoms with E-state index in [4.69, 9.17) is 0 Å². The molecule has 1 fully saturated rings. The van der Waals surface area contributed by atoms with E-state index in [0.29, 0.717) is 0 Å². The van der Waals surface area contributed by atoms with Crippen molar-refractivity contribution in [1.82, 2.24) is 4.90 Å². The Hall–Kier alpha value is -0.0400. The second-order valence-corrected chi connectivity index (χ2v) is 3.29. The Morgan fingerprint density at radius 2 is 1.56 bits per heavy atom. The van der Waals surface area contributed by atoms with E-state index in [2.05, 4.69) is 25.8 Å². The zero-order valence-electron chi connectivity index (χ0n) is 6.72. The van der Waals surface area contributed by atoms with Gasteiger partial charge in [0.05, 0.1) is 0 Å². The van der Waals surface area contributed by atoms with Gasteiger partial charge in [0.25, 0.3) is 0 Å². The molecule has 2 atom stereocenters. The summed E-state index contributed by atoms with van der Waals surface area (Å²) in [5.41, 5.74) is 0. The van der Waals surface area contributed by atoms with Crippen molar-refractivity contribution in [3.63, 3.8) is 0 Å². The van der Waals surface area contributed by atoms with Crippen molar-refractivity contribution in [2.45, 2.75) is 45.2 Å². The standard InChI is InChI=1S/C8H17N/c1-7-5-4-6-8(2)9(7)3/h7-8H,4-6H2,1-3H3/t7-,8-/m0/s1. The van der Waals surface area contributed by atoms with Gasteiger partial charge < -0.3 is 4.90 Å². The predicted molar refractivity (Wildman–Crippen MR) is 40.5 cm³/mol. The fourth-order valence-corrected chi connectivity index (χ4v) is 1.55. The molecular formula is C8H17N. The van der Waals surface area contributed by atoms with Crippen LogP contribution in [0.5, 0.6) is 0 Å². The van der Waals surface area contributed by atoms with Gasteiger partial charge in [-0.05, 0) is 33.7 Å². The Labute approximate surface area is 58.0 Å². The topological polar surface area (TPSA) is 3.24 Å². The molecule has 0 spiro atoms. The number of hydrogen-bond donors (Lipinski definition) is 0. The average molecular weight is 127 g/mol. The molecule has 0 saturated carbocycles. The van der Waals surface area contributed by atoms with Gasteiger partial charge in [0.2, 0.25) is 0 Å². The van der Waals surface area contributed by atoms with Gasteiger partial charge >= 0.3 is 0 Å². The first-order valence-electron chi connectivity index (χ1n) is 3.93. The van der Waals surface area contributed by atoms with E-state index in [0.717, 1.165) is 12.1 Å². The summed E-state index contributed by atoms with van der Waals surface area (Å²) >= 11 is 0. The Balaban J connectivity index is 2.41. The highest BCUT2D eigenvalue weighted by Gasteiger charge is 2.19. The van der Waals surface area contributed by atoms with Crippen molar-refractivity contribution in [3.8, 4) is 0 Å². The Kier molecular flexibility index (Phi) is 2.12. The summed E-state index contributed by atoms with van der Waals surface area (Å²) in [5, 5.41) is 0. The maximum Gasteiger partial charge on any atom is 0.00667 e. The first-order valence-corrected chi connectivity index (χ1v) is 3.93. The Morgan fingerprint density at radius 3 is 1.89 bits per heavy atom. The molecule has 0 aromatic heterocycles. The number of rotatable bonds is 0. The van der Waals surface area contributed by atoms with Crippen LogP contribution in [-0.4, -0.2) is 24.0 Å². The highest BCUT2D eigenvalue weighted by molar-refractivity contribution is 4.75. The van der Waals surface area contributed by atoms with E-state index in [1.54, 1.807) is 0 Å².